The Kier molecular flexibility index (Phi) is 70.0. The molecule has 0 aromatic heterocycles. The Morgan fingerprint density at radius 1 is 0.800 bits per heavy atom. The van der Waals surface area contributed by atoms with E-state index in [0.717, 1.165) is 0 Å². The molecule has 0 unspecified atom stereocenters. The first-order chi connectivity index (χ1) is 4.91. The van der Waals surface area contributed by atoms with E-state index in [2.05, 4.69) is 13.8 Å². The van der Waals surface area contributed by atoms with Gasteiger partial charge in [0.15, 0.2) is 0 Å². The second-order valence-electron chi connectivity index (χ2n) is 1.71. The van der Waals surface area contributed by atoms with Crippen LogP contribution in [0, 0.1) is 23.7 Å². The summed E-state index contributed by atoms with van der Waals surface area (Å²) in [4.78, 5) is 0. The maximum absolute atomic E-state index is 6.25. The highest BCUT2D eigenvalue weighted by Gasteiger charge is 1.75. The van der Waals surface area contributed by atoms with Crippen LogP contribution in [0.1, 0.15) is 39.5 Å². The molecule has 10 heavy (non-hydrogen) atoms. The highest BCUT2D eigenvalue weighted by Crippen LogP contribution is 1.95. The summed E-state index contributed by atoms with van der Waals surface area (Å²) in [6.45, 7) is 14.0. The van der Waals surface area contributed by atoms with Gasteiger partial charge >= 0.3 is 0 Å². The SMILES string of the molecule is CCCCCC.[C-]#N.[C-]#N. The third kappa shape index (κ3) is 63.7. The highest BCUT2D eigenvalue weighted by molar-refractivity contribution is 4.31. The van der Waals surface area contributed by atoms with Crippen LogP contribution in [0.25, 0.3) is 0 Å². The molecule has 0 radical (unpaired) electrons. The summed E-state index contributed by atoms with van der Waals surface area (Å²) >= 11 is 0. The van der Waals surface area contributed by atoms with Crippen molar-refractivity contribution in [3.8, 4) is 0 Å². The van der Waals surface area contributed by atoms with Gasteiger partial charge in [0.25, 0.3) is 0 Å². The number of hydrogen-bond acceptors (Lipinski definition) is 2. The van der Waals surface area contributed by atoms with E-state index in [9.17, 15) is 0 Å². The van der Waals surface area contributed by atoms with Gasteiger partial charge in [-0.3, -0.25) is 0 Å². The van der Waals surface area contributed by atoms with Crippen LogP contribution in [0.5, 0.6) is 0 Å². The minimum absolute atomic E-state index is 1.36. The van der Waals surface area contributed by atoms with Crippen molar-refractivity contribution in [1.82, 2.24) is 0 Å². The van der Waals surface area contributed by atoms with Crippen molar-refractivity contribution < 1.29 is 0 Å². The van der Waals surface area contributed by atoms with Crippen LogP contribution < -0.4 is 0 Å². The lowest BCUT2D eigenvalue weighted by atomic mass is 10.2. The average molecular weight is 138 g/mol. The maximum Gasteiger partial charge on any atom is -0.0536 e. The first-order valence-electron chi connectivity index (χ1n) is 3.36. The molecule has 0 heterocycles. The third-order valence-corrected chi connectivity index (χ3v) is 0.957. The van der Waals surface area contributed by atoms with Crippen LogP contribution in [-0.2, 0) is 0 Å². The lowest BCUT2D eigenvalue weighted by Gasteiger charge is -1.86. The van der Waals surface area contributed by atoms with Crippen molar-refractivity contribution in [2.45, 2.75) is 39.5 Å². The summed E-state index contributed by atoms with van der Waals surface area (Å²) in [5.74, 6) is 0. The van der Waals surface area contributed by atoms with Crippen molar-refractivity contribution in [2.75, 3.05) is 0 Å². The molecule has 0 aromatic carbocycles. The minimum atomic E-state index is 1.36. The molecule has 0 aliphatic heterocycles. The van der Waals surface area contributed by atoms with Gasteiger partial charge in [0.2, 0.25) is 0 Å². The highest BCUT2D eigenvalue weighted by atomic mass is 14.2. The fourth-order valence-electron chi connectivity index (χ4n) is 0.500. The summed E-state index contributed by atoms with van der Waals surface area (Å²) in [6, 6.07) is 0. The Labute approximate surface area is 64.1 Å². The lowest BCUT2D eigenvalue weighted by molar-refractivity contribution is 0.702. The standard InChI is InChI=1S/C6H14.2CN/c1-3-5-6-4-2;2*1-2/h3-6H2,1-2H3;;/q;2*-1. The summed E-state index contributed by atoms with van der Waals surface area (Å²) in [6.07, 6.45) is 5.54. The largest absolute Gasteiger partial charge is 0.512 e. The first kappa shape index (κ1) is 16.0. The zero-order chi connectivity index (χ0) is 8.83. The molecule has 0 aromatic rings. The van der Waals surface area contributed by atoms with E-state index in [0.29, 0.717) is 0 Å². The summed E-state index contributed by atoms with van der Waals surface area (Å²) in [7, 11) is 0. The fourth-order valence-corrected chi connectivity index (χ4v) is 0.500. The van der Waals surface area contributed by atoms with Gasteiger partial charge < -0.3 is 23.7 Å². The predicted octanol–water partition coefficient (Wildman–Crippen LogP) is 2.78. The van der Waals surface area contributed by atoms with Crippen LogP contribution in [0.15, 0.2) is 0 Å². The zero-order valence-corrected chi connectivity index (χ0v) is 6.72. The van der Waals surface area contributed by atoms with E-state index in [-0.39, 0.29) is 0 Å². The number of nitrogens with zero attached hydrogens (tertiary/aromatic N) is 2. The van der Waals surface area contributed by atoms with Crippen LogP contribution in [-0.4, -0.2) is 0 Å². The molecule has 2 heteroatoms. The number of rotatable bonds is 3. The van der Waals surface area contributed by atoms with Crippen molar-refractivity contribution >= 4 is 0 Å². The van der Waals surface area contributed by atoms with E-state index in [1.54, 1.807) is 0 Å². The third-order valence-electron chi connectivity index (χ3n) is 0.957. The molecule has 0 rings (SSSR count). The normalized spacial score (nSPS) is 5.80. The van der Waals surface area contributed by atoms with Crippen molar-refractivity contribution in [3.05, 3.63) is 13.1 Å². The fraction of sp³-hybridized carbons (Fsp3) is 0.750. The Hall–Kier alpha value is -1.02. The van der Waals surface area contributed by atoms with Gasteiger partial charge in [-0.25, -0.2) is 0 Å². The molecule has 0 spiro atoms. The molecule has 2 nitrogen and oxygen atoms in total. The van der Waals surface area contributed by atoms with Gasteiger partial charge in [0, 0.05) is 0 Å². The molecule has 58 valence electrons. The van der Waals surface area contributed by atoms with Crippen molar-refractivity contribution in [3.63, 3.8) is 0 Å². The molecule has 0 bridgehead atoms. The molecule has 0 amide bonds. The molecule has 0 saturated carbocycles. The van der Waals surface area contributed by atoms with Gasteiger partial charge in [0.05, 0.1) is 0 Å². The van der Waals surface area contributed by atoms with Crippen molar-refractivity contribution in [2.24, 2.45) is 0 Å². The van der Waals surface area contributed by atoms with Gasteiger partial charge in [-0.2, -0.15) is 0 Å². The van der Waals surface area contributed by atoms with Crippen LogP contribution in [0.3, 0.4) is 0 Å². The van der Waals surface area contributed by atoms with Crippen LogP contribution in [0.2, 0.25) is 0 Å². The molecule has 0 N–H and O–H groups in total. The van der Waals surface area contributed by atoms with Gasteiger partial charge in [-0.15, -0.1) is 0 Å². The molecule has 0 aliphatic carbocycles. The zero-order valence-electron chi connectivity index (χ0n) is 6.72. The molecule has 0 saturated heterocycles. The number of hydrogen-bond donors (Lipinski definition) is 0. The maximum atomic E-state index is 6.25. The second-order valence-corrected chi connectivity index (χ2v) is 1.71. The quantitative estimate of drug-likeness (QED) is 0.444. The summed E-state index contributed by atoms with van der Waals surface area (Å²) < 4.78 is 0. The predicted molar refractivity (Wildman–Crippen MR) is 39.8 cm³/mol. The molecular weight excluding hydrogens is 124 g/mol. The van der Waals surface area contributed by atoms with Gasteiger partial charge in [-0.05, 0) is 0 Å². The molecule has 0 aliphatic rings. The van der Waals surface area contributed by atoms with E-state index in [1.165, 1.54) is 25.7 Å². The minimum Gasteiger partial charge on any atom is -0.512 e. The molecule has 0 atom stereocenters. The number of unbranched alkanes of at least 4 members (excludes halogenated alkanes) is 3. The molecular formula is C8H14N2-2. The Balaban J connectivity index is -0.000000105. The van der Waals surface area contributed by atoms with Crippen molar-refractivity contribution in [1.29, 1.82) is 10.5 Å². The van der Waals surface area contributed by atoms with Crippen LogP contribution >= 0.6 is 0 Å². The molecule has 0 fully saturated rings. The average Bonchev–Trinajstić information content (AvgIpc) is 2.08. The first-order valence-corrected chi connectivity index (χ1v) is 3.36. The van der Waals surface area contributed by atoms with E-state index in [1.807, 2.05) is 0 Å². The van der Waals surface area contributed by atoms with E-state index in [4.69, 9.17) is 23.7 Å². The van der Waals surface area contributed by atoms with E-state index >= 15 is 0 Å². The summed E-state index contributed by atoms with van der Waals surface area (Å²) in [5, 5.41) is 12.5. The second kappa shape index (κ2) is 43.8. The van der Waals surface area contributed by atoms with Gasteiger partial charge in [-0.1, -0.05) is 39.5 Å². The van der Waals surface area contributed by atoms with Crippen LogP contribution in [0.4, 0.5) is 0 Å². The monoisotopic (exact) mass is 138 g/mol. The summed E-state index contributed by atoms with van der Waals surface area (Å²) in [5.41, 5.74) is 0. The Bertz CT molecular complexity index is 54.1. The Morgan fingerprint density at radius 2 is 1.00 bits per heavy atom. The topological polar surface area (TPSA) is 47.6 Å². The smallest absolute Gasteiger partial charge is 0.0536 e. The van der Waals surface area contributed by atoms with E-state index < -0.39 is 0 Å². The van der Waals surface area contributed by atoms with Gasteiger partial charge in [0.1, 0.15) is 0 Å². The lowest BCUT2D eigenvalue weighted by Crippen LogP contribution is -1.66. The Morgan fingerprint density at radius 3 is 1.10 bits per heavy atom.